The third kappa shape index (κ3) is 3.86. The van der Waals surface area contributed by atoms with Crippen LogP contribution in [-0.2, 0) is 18.9 Å². The molecule has 0 aromatic heterocycles. The number of methoxy groups -OCH3 is 1. The van der Waals surface area contributed by atoms with Crippen molar-refractivity contribution in [1.82, 2.24) is 0 Å². The van der Waals surface area contributed by atoms with Crippen molar-refractivity contribution in [2.45, 2.75) is 61.4 Å². The summed E-state index contributed by atoms with van der Waals surface area (Å²) in [4.78, 5) is 0. The quantitative estimate of drug-likeness (QED) is 0.251. The first kappa shape index (κ1) is 19.9. The molecule has 0 bridgehead atoms. The van der Waals surface area contributed by atoms with E-state index in [1.807, 2.05) is 0 Å². The number of rotatable bonds is 5. The van der Waals surface area contributed by atoms with Crippen LogP contribution >= 0.6 is 0 Å². The second-order valence-corrected chi connectivity index (χ2v) is 5.78. The second-order valence-electron chi connectivity index (χ2n) is 5.78. The topological polar surface area (TPSA) is 179 Å². The first-order valence-corrected chi connectivity index (χ1v) is 7.46. The van der Waals surface area contributed by atoms with Gasteiger partial charge in [-0.2, -0.15) is 0 Å². The van der Waals surface area contributed by atoms with Crippen LogP contribution in [0.3, 0.4) is 0 Å². The van der Waals surface area contributed by atoms with Crippen molar-refractivity contribution in [2.75, 3.05) is 20.3 Å². The summed E-state index contributed by atoms with van der Waals surface area (Å²) in [5.41, 5.74) is 0. The number of ether oxygens (including phenoxy) is 4. The number of hydrogen-bond acceptors (Lipinski definition) is 11. The van der Waals surface area contributed by atoms with Crippen LogP contribution < -0.4 is 0 Å². The molecular formula is C13H24O11. The molecule has 0 spiro atoms. The fourth-order valence-electron chi connectivity index (χ4n) is 2.64. The molecular weight excluding hydrogens is 332 g/mol. The Morgan fingerprint density at radius 1 is 0.708 bits per heavy atom. The Labute approximate surface area is 137 Å². The highest BCUT2D eigenvalue weighted by atomic mass is 16.7. The lowest BCUT2D eigenvalue weighted by molar-refractivity contribution is -0.328. The highest BCUT2D eigenvalue weighted by Crippen LogP contribution is 2.25. The Kier molecular flexibility index (Phi) is 6.87. The molecule has 7 N–H and O–H groups in total. The lowest BCUT2D eigenvalue weighted by Gasteiger charge is -2.42. The molecule has 0 radical (unpaired) electrons. The zero-order valence-corrected chi connectivity index (χ0v) is 13.0. The van der Waals surface area contributed by atoms with Gasteiger partial charge < -0.3 is 54.7 Å². The summed E-state index contributed by atoms with van der Waals surface area (Å²) in [5, 5.41) is 67.6. The third-order valence-corrected chi connectivity index (χ3v) is 4.17. The molecule has 0 saturated carbocycles. The van der Waals surface area contributed by atoms with E-state index in [0.717, 1.165) is 0 Å². The van der Waals surface area contributed by atoms with Crippen molar-refractivity contribution >= 4 is 0 Å². The van der Waals surface area contributed by atoms with Crippen LogP contribution in [0.4, 0.5) is 0 Å². The molecule has 0 amide bonds. The van der Waals surface area contributed by atoms with Gasteiger partial charge in [0.05, 0.1) is 13.2 Å². The van der Waals surface area contributed by atoms with Gasteiger partial charge in [-0.3, -0.25) is 0 Å². The van der Waals surface area contributed by atoms with E-state index in [-0.39, 0.29) is 6.61 Å². The minimum absolute atomic E-state index is 0.381. The average Bonchev–Trinajstić information content (AvgIpc) is 2.58. The summed E-state index contributed by atoms with van der Waals surface area (Å²) in [6.45, 7) is -0.989. The van der Waals surface area contributed by atoms with Crippen molar-refractivity contribution in [2.24, 2.45) is 0 Å². The van der Waals surface area contributed by atoms with Gasteiger partial charge in [-0.25, -0.2) is 0 Å². The van der Waals surface area contributed by atoms with Crippen LogP contribution in [0.15, 0.2) is 0 Å². The minimum Gasteiger partial charge on any atom is -0.394 e. The predicted molar refractivity (Wildman–Crippen MR) is 73.4 cm³/mol. The molecule has 2 rings (SSSR count). The average molecular weight is 356 g/mol. The van der Waals surface area contributed by atoms with Gasteiger partial charge in [0.15, 0.2) is 12.6 Å². The Hall–Kier alpha value is -0.440. The van der Waals surface area contributed by atoms with Gasteiger partial charge in [-0.05, 0) is 0 Å². The SMILES string of the molecule is CO[C@H]1O[C@H](CO[C@@H]2O[C@H](CO)[C@H](O)[C@H](O)[C@H]2O)[C@H](O)[C@H](O)[C@H]1O. The van der Waals surface area contributed by atoms with Crippen LogP contribution in [-0.4, -0.2) is 117 Å². The Morgan fingerprint density at radius 3 is 1.75 bits per heavy atom. The lowest BCUT2D eigenvalue weighted by atomic mass is 9.98. The van der Waals surface area contributed by atoms with E-state index in [1.54, 1.807) is 0 Å². The van der Waals surface area contributed by atoms with Gasteiger partial charge in [0.2, 0.25) is 0 Å². The molecule has 10 atom stereocenters. The highest BCUT2D eigenvalue weighted by molar-refractivity contribution is 4.91. The van der Waals surface area contributed by atoms with Crippen LogP contribution in [0.5, 0.6) is 0 Å². The van der Waals surface area contributed by atoms with Gasteiger partial charge in [-0.1, -0.05) is 0 Å². The smallest absolute Gasteiger partial charge is 0.186 e. The minimum atomic E-state index is -1.60. The van der Waals surface area contributed by atoms with Crippen LogP contribution in [0.1, 0.15) is 0 Å². The fraction of sp³-hybridized carbons (Fsp3) is 1.00. The maximum absolute atomic E-state index is 9.91. The third-order valence-electron chi connectivity index (χ3n) is 4.17. The van der Waals surface area contributed by atoms with Crippen LogP contribution in [0.25, 0.3) is 0 Å². The van der Waals surface area contributed by atoms with E-state index >= 15 is 0 Å². The molecule has 11 nitrogen and oxygen atoms in total. The summed E-state index contributed by atoms with van der Waals surface area (Å²) in [5.74, 6) is 0. The molecule has 24 heavy (non-hydrogen) atoms. The van der Waals surface area contributed by atoms with Crippen LogP contribution in [0.2, 0.25) is 0 Å². The molecule has 0 aromatic carbocycles. The van der Waals surface area contributed by atoms with Gasteiger partial charge >= 0.3 is 0 Å². The van der Waals surface area contributed by atoms with Crippen molar-refractivity contribution in [3.8, 4) is 0 Å². The van der Waals surface area contributed by atoms with Crippen molar-refractivity contribution in [1.29, 1.82) is 0 Å². The molecule has 2 saturated heterocycles. The maximum atomic E-state index is 9.91. The maximum Gasteiger partial charge on any atom is 0.186 e. The van der Waals surface area contributed by atoms with Gasteiger partial charge in [0.1, 0.15) is 48.8 Å². The molecule has 142 valence electrons. The summed E-state index contributed by atoms with van der Waals surface area (Å²) in [6.07, 6.45) is -14.0. The Morgan fingerprint density at radius 2 is 1.21 bits per heavy atom. The zero-order chi connectivity index (χ0) is 18.0. The fourth-order valence-corrected chi connectivity index (χ4v) is 2.64. The van der Waals surface area contributed by atoms with Gasteiger partial charge in [-0.15, -0.1) is 0 Å². The molecule has 0 aliphatic carbocycles. The van der Waals surface area contributed by atoms with Crippen molar-refractivity contribution < 1.29 is 54.7 Å². The predicted octanol–water partition coefficient (Wildman–Crippen LogP) is -4.74. The van der Waals surface area contributed by atoms with E-state index in [1.165, 1.54) is 7.11 Å². The first-order valence-electron chi connectivity index (χ1n) is 7.46. The van der Waals surface area contributed by atoms with Gasteiger partial charge in [0.25, 0.3) is 0 Å². The van der Waals surface area contributed by atoms with Crippen molar-refractivity contribution in [3.05, 3.63) is 0 Å². The Balaban J connectivity index is 1.96. The molecule has 2 heterocycles. The summed E-state index contributed by atoms with van der Waals surface area (Å²) < 4.78 is 20.5. The molecule has 2 aliphatic rings. The zero-order valence-electron chi connectivity index (χ0n) is 13.0. The number of aliphatic hydroxyl groups is 7. The summed E-state index contributed by atoms with van der Waals surface area (Å²) in [6, 6.07) is 0. The van der Waals surface area contributed by atoms with E-state index in [0.29, 0.717) is 0 Å². The normalized spacial score (nSPS) is 50.0. The van der Waals surface area contributed by atoms with Crippen molar-refractivity contribution in [3.63, 3.8) is 0 Å². The Bertz CT molecular complexity index is 356. The molecule has 0 aromatic rings. The number of hydrogen-bond donors (Lipinski definition) is 7. The summed E-state index contributed by atoms with van der Waals surface area (Å²) >= 11 is 0. The largest absolute Gasteiger partial charge is 0.394 e. The van der Waals surface area contributed by atoms with E-state index in [9.17, 15) is 30.6 Å². The highest BCUT2D eigenvalue weighted by Gasteiger charge is 2.47. The number of aliphatic hydroxyl groups excluding tert-OH is 7. The van der Waals surface area contributed by atoms with Gasteiger partial charge in [0, 0.05) is 7.11 Å². The summed E-state index contributed by atoms with van der Waals surface area (Å²) in [7, 11) is 1.24. The second kappa shape index (κ2) is 8.29. The standard InChI is InChI=1S/C13H24O11/c1-21-12-10(19)9(18)7(16)5(24-12)3-22-13-11(20)8(17)6(15)4(2-14)23-13/h4-20H,2-3H2,1H3/t4-,5-,6+,7+,8+,9+,10-,11-,12+,13-/m1/s1. The first-order chi connectivity index (χ1) is 11.3. The molecule has 11 heteroatoms. The van der Waals surface area contributed by atoms with E-state index < -0.39 is 68.0 Å². The lowest BCUT2D eigenvalue weighted by Crippen LogP contribution is -2.61. The molecule has 2 aliphatic heterocycles. The molecule has 0 unspecified atom stereocenters. The van der Waals surface area contributed by atoms with E-state index in [2.05, 4.69) is 0 Å². The van der Waals surface area contributed by atoms with Crippen LogP contribution in [0, 0.1) is 0 Å². The molecule has 2 fully saturated rings. The monoisotopic (exact) mass is 356 g/mol. The van der Waals surface area contributed by atoms with E-state index in [4.69, 9.17) is 24.1 Å².